The first-order valence-electron chi connectivity index (χ1n) is 13.4. The van der Waals surface area contributed by atoms with Gasteiger partial charge >= 0.3 is 12.1 Å². The zero-order chi connectivity index (χ0) is 30.6. The molecule has 5 N–H and O–H groups in total. The lowest BCUT2D eigenvalue weighted by Crippen LogP contribution is -2.55. The van der Waals surface area contributed by atoms with Gasteiger partial charge in [-0.3, -0.25) is 19.2 Å². The second-order valence-corrected chi connectivity index (χ2v) is 10.5. The number of hydrogen-bond donors (Lipinski definition) is 4. The van der Waals surface area contributed by atoms with Crippen molar-refractivity contribution in [2.45, 2.75) is 97.9 Å². The molecular weight excluding hydrogens is 520 g/mol. The van der Waals surface area contributed by atoms with Crippen LogP contribution in [0.5, 0.6) is 5.75 Å². The summed E-state index contributed by atoms with van der Waals surface area (Å²) in [4.78, 5) is 65.1. The summed E-state index contributed by atoms with van der Waals surface area (Å²) in [6, 6.07) is 1.61. The molecule has 0 fully saturated rings. The van der Waals surface area contributed by atoms with Crippen LogP contribution < -0.4 is 16.4 Å². The maximum atomic E-state index is 14.1. The lowest BCUT2D eigenvalue weighted by molar-refractivity contribution is -0.146. The zero-order valence-electron chi connectivity index (χ0n) is 24.5. The number of aromatic hydroxyl groups is 1. The number of amides is 4. The molecule has 12 nitrogen and oxygen atoms in total. The van der Waals surface area contributed by atoms with Crippen LogP contribution in [0.1, 0.15) is 84.4 Å². The van der Waals surface area contributed by atoms with Gasteiger partial charge in [-0.05, 0) is 77.6 Å². The number of aryl methyl sites for hydroxylation is 1. The minimum atomic E-state index is -1.23. The number of nitrogens with one attached hydrogen (secondary N) is 2. The van der Waals surface area contributed by atoms with Crippen molar-refractivity contribution in [2.24, 2.45) is 5.73 Å². The Labute approximate surface area is 235 Å². The number of carbonyl (C=O) groups is 5. The van der Waals surface area contributed by atoms with Gasteiger partial charge in [0.1, 0.15) is 23.4 Å². The zero-order valence-corrected chi connectivity index (χ0v) is 24.5. The summed E-state index contributed by atoms with van der Waals surface area (Å²) in [6.07, 6.45) is -0.804. The van der Waals surface area contributed by atoms with E-state index in [9.17, 15) is 29.1 Å². The van der Waals surface area contributed by atoms with Gasteiger partial charge < -0.3 is 35.8 Å². The van der Waals surface area contributed by atoms with Crippen molar-refractivity contribution in [1.82, 2.24) is 15.5 Å². The van der Waals surface area contributed by atoms with E-state index in [-0.39, 0.29) is 38.2 Å². The first kappa shape index (κ1) is 34.2. The number of esters is 1. The number of hydrogen-bond acceptors (Lipinski definition) is 8. The summed E-state index contributed by atoms with van der Waals surface area (Å²) in [5.41, 5.74) is 5.38. The van der Waals surface area contributed by atoms with Crippen LogP contribution in [-0.4, -0.2) is 70.6 Å². The molecule has 1 aromatic rings. The standard InChI is InChI=1S/C28H44N4O8/c1-8-18(4)32(26(37)20(11-13-22(29)34)31-27(38)40-28(5,6)7)24(19-10-12-21(33)17(3)16-19)25(36)30-15-14-23(35)39-9-2/h10,12,16,18,20,24,33H,8-9,11,13-15H2,1-7H3,(H2,29,34)(H,30,36)(H,31,38). The maximum Gasteiger partial charge on any atom is 0.408 e. The molecule has 0 saturated carbocycles. The average molecular weight is 565 g/mol. The summed E-state index contributed by atoms with van der Waals surface area (Å²) >= 11 is 0. The Hall–Kier alpha value is -3.83. The highest BCUT2D eigenvalue weighted by atomic mass is 16.6. The minimum absolute atomic E-state index is 0.0116. The molecule has 4 amide bonds. The first-order valence-corrected chi connectivity index (χ1v) is 13.4. The second-order valence-electron chi connectivity index (χ2n) is 10.5. The van der Waals surface area contributed by atoms with Gasteiger partial charge in [-0.2, -0.15) is 0 Å². The fourth-order valence-electron chi connectivity index (χ4n) is 3.87. The SMILES string of the molecule is CCOC(=O)CCNC(=O)C(c1ccc(O)c(C)c1)N(C(=O)C(CCC(N)=O)NC(=O)OC(C)(C)C)C(C)CC. The Morgan fingerprint density at radius 1 is 1.10 bits per heavy atom. The molecule has 40 heavy (non-hydrogen) atoms. The van der Waals surface area contributed by atoms with Gasteiger partial charge in [0.05, 0.1) is 13.0 Å². The number of ether oxygens (including phenoxy) is 2. The molecular formula is C28H44N4O8. The third-order valence-corrected chi connectivity index (χ3v) is 5.99. The number of nitrogens with two attached hydrogens (primary N) is 1. The van der Waals surface area contributed by atoms with E-state index in [1.807, 2.05) is 6.92 Å². The van der Waals surface area contributed by atoms with E-state index in [0.29, 0.717) is 17.5 Å². The quantitative estimate of drug-likeness (QED) is 0.249. The third kappa shape index (κ3) is 11.1. The van der Waals surface area contributed by atoms with E-state index >= 15 is 0 Å². The summed E-state index contributed by atoms with van der Waals surface area (Å²) in [6.45, 7) is 12.1. The predicted molar refractivity (Wildman–Crippen MR) is 148 cm³/mol. The molecule has 0 aromatic heterocycles. The molecule has 3 unspecified atom stereocenters. The molecule has 224 valence electrons. The molecule has 0 radical (unpaired) electrons. The lowest BCUT2D eigenvalue weighted by atomic mass is 9.97. The van der Waals surface area contributed by atoms with Crippen molar-refractivity contribution in [2.75, 3.05) is 13.2 Å². The van der Waals surface area contributed by atoms with E-state index in [4.69, 9.17) is 15.2 Å². The number of primary amides is 1. The van der Waals surface area contributed by atoms with Crippen LogP contribution in [0.3, 0.4) is 0 Å². The van der Waals surface area contributed by atoms with E-state index in [1.54, 1.807) is 47.6 Å². The summed E-state index contributed by atoms with van der Waals surface area (Å²) in [5, 5.41) is 15.3. The highest BCUT2D eigenvalue weighted by Crippen LogP contribution is 2.29. The molecule has 1 rings (SSSR count). The number of phenols is 1. The molecule has 0 bridgehead atoms. The number of carbonyl (C=O) groups excluding carboxylic acids is 5. The van der Waals surface area contributed by atoms with E-state index < -0.39 is 53.5 Å². The topological polar surface area (TPSA) is 177 Å². The Morgan fingerprint density at radius 3 is 2.27 bits per heavy atom. The van der Waals surface area contributed by atoms with E-state index in [1.165, 1.54) is 17.0 Å². The van der Waals surface area contributed by atoms with Gasteiger partial charge in [-0.1, -0.05) is 13.0 Å². The van der Waals surface area contributed by atoms with Crippen molar-refractivity contribution in [3.8, 4) is 5.75 Å². The smallest absolute Gasteiger partial charge is 0.408 e. The minimum Gasteiger partial charge on any atom is -0.508 e. The molecule has 3 atom stereocenters. The van der Waals surface area contributed by atoms with Crippen LogP contribution in [0.2, 0.25) is 0 Å². The fourth-order valence-corrected chi connectivity index (χ4v) is 3.87. The van der Waals surface area contributed by atoms with Gasteiger partial charge in [0.25, 0.3) is 0 Å². The predicted octanol–water partition coefficient (Wildman–Crippen LogP) is 2.60. The van der Waals surface area contributed by atoms with Gasteiger partial charge in [0.2, 0.25) is 17.7 Å². The molecule has 0 spiro atoms. The number of rotatable bonds is 14. The Balaban J connectivity index is 3.53. The Kier molecular flexibility index (Phi) is 13.4. The Morgan fingerprint density at radius 2 is 1.75 bits per heavy atom. The Bertz CT molecular complexity index is 1050. The van der Waals surface area contributed by atoms with Crippen LogP contribution >= 0.6 is 0 Å². The lowest BCUT2D eigenvalue weighted by Gasteiger charge is -2.38. The van der Waals surface area contributed by atoms with Gasteiger partial charge in [-0.25, -0.2) is 4.79 Å². The second kappa shape index (κ2) is 15.7. The van der Waals surface area contributed by atoms with Crippen LogP contribution in [0.4, 0.5) is 4.79 Å². The van der Waals surface area contributed by atoms with Crippen LogP contribution in [-0.2, 0) is 28.7 Å². The van der Waals surface area contributed by atoms with Crippen molar-refractivity contribution < 1.29 is 38.6 Å². The van der Waals surface area contributed by atoms with Crippen LogP contribution in [0, 0.1) is 6.92 Å². The number of nitrogens with zero attached hydrogens (tertiary/aromatic N) is 1. The van der Waals surface area contributed by atoms with Crippen molar-refractivity contribution >= 4 is 29.8 Å². The van der Waals surface area contributed by atoms with Gasteiger partial charge in [0.15, 0.2) is 0 Å². The van der Waals surface area contributed by atoms with Crippen molar-refractivity contribution in [3.05, 3.63) is 29.3 Å². The van der Waals surface area contributed by atoms with Crippen LogP contribution in [0.25, 0.3) is 0 Å². The maximum absolute atomic E-state index is 14.1. The number of phenolic OH excluding ortho intramolecular Hbond substituents is 1. The van der Waals surface area contributed by atoms with Gasteiger partial charge in [-0.15, -0.1) is 0 Å². The highest BCUT2D eigenvalue weighted by Gasteiger charge is 2.38. The van der Waals surface area contributed by atoms with Crippen LogP contribution in [0.15, 0.2) is 18.2 Å². The largest absolute Gasteiger partial charge is 0.508 e. The molecule has 0 aliphatic heterocycles. The monoisotopic (exact) mass is 564 g/mol. The van der Waals surface area contributed by atoms with E-state index in [2.05, 4.69) is 10.6 Å². The number of benzene rings is 1. The molecule has 12 heteroatoms. The first-order chi connectivity index (χ1) is 18.6. The summed E-state index contributed by atoms with van der Waals surface area (Å²) in [7, 11) is 0. The third-order valence-electron chi connectivity index (χ3n) is 5.99. The fraction of sp³-hybridized carbons (Fsp3) is 0.607. The molecule has 0 saturated heterocycles. The van der Waals surface area contributed by atoms with Crippen molar-refractivity contribution in [1.29, 1.82) is 0 Å². The summed E-state index contributed by atoms with van der Waals surface area (Å²) in [5.74, 6) is -2.34. The normalized spacial score (nSPS) is 13.4. The molecule has 0 aliphatic carbocycles. The average Bonchev–Trinajstić information content (AvgIpc) is 2.84. The molecule has 1 aromatic carbocycles. The number of alkyl carbamates (subject to hydrolysis) is 1. The van der Waals surface area contributed by atoms with Gasteiger partial charge in [0, 0.05) is 19.0 Å². The van der Waals surface area contributed by atoms with Crippen molar-refractivity contribution in [3.63, 3.8) is 0 Å². The summed E-state index contributed by atoms with van der Waals surface area (Å²) < 4.78 is 10.2. The highest BCUT2D eigenvalue weighted by molar-refractivity contribution is 5.93. The molecule has 0 aliphatic rings. The van der Waals surface area contributed by atoms with E-state index in [0.717, 1.165) is 0 Å². The molecule has 0 heterocycles.